The largest absolute Gasteiger partial charge is 0.384 e. The molecule has 0 amide bonds. The Bertz CT molecular complexity index is 806. The Hall–Kier alpha value is -2.76. The van der Waals surface area contributed by atoms with E-state index in [2.05, 4.69) is 26.1 Å². The van der Waals surface area contributed by atoms with Crippen LogP contribution in [0.3, 0.4) is 0 Å². The second-order valence-electron chi connectivity index (χ2n) is 5.08. The molecule has 0 aliphatic heterocycles. The monoisotopic (exact) mass is 280 g/mol. The Morgan fingerprint density at radius 2 is 1.90 bits per heavy atom. The van der Waals surface area contributed by atoms with Crippen LogP contribution in [0.2, 0.25) is 0 Å². The Labute approximate surface area is 122 Å². The van der Waals surface area contributed by atoms with Gasteiger partial charge in [0.2, 0.25) is 0 Å². The summed E-state index contributed by atoms with van der Waals surface area (Å²) in [4.78, 5) is 13.3. The van der Waals surface area contributed by atoms with E-state index < -0.39 is 0 Å². The number of nitrogen functional groups attached to an aromatic ring is 1. The van der Waals surface area contributed by atoms with Gasteiger partial charge in [-0.3, -0.25) is 9.67 Å². The minimum absolute atomic E-state index is 0.417. The second-order valence-corrected chi connectivity index (χ2v) is 5.08. The molecule has 3 aromatic heterocycles. The molecule has 0 spiro atoms. The van der Waals surface area contributed by atoms with Crippen molar-refractivity contribution in [2.75, 3.05) is 5.73 Å². The molecule has 21 heavy (non-hydrogen) atoms. The molecule has 0 saturated carbocycles. The highest BCUT2D eigenvalue weighted by Crippen LogP contribution is 2.23. The van der Waals surface area contributed by atoms with Crippen LogP contribution in [0.5, 0.6) is 0 Å². The van der Waals surface area contributed by atoms with Crippen molar-refractivity contribution in [1.29, 1.82) is 0 Å². The molecule has 3 rings (SSSR count). The van der Waals surface area contributed by atoms with E-state index in [4.69, 9.17) is 5.73 Å². The number of aryl methyl sites for hydroxylation is 3. The Morgan fingerprint density at radius 3 is 2.57 bits per heavy atom. The van der Waals surface area contributed by atoms with Gasteiger partial charge in [0.1, 0.15) is 11.5 Å². The minimum atomic E-state index is 0.417. The molecule has 0 fully saturated rings. The molecule has 0 atom stereocenters. The maximum Gasteiger partial charge on any atom is 0.181 e. The van der Waals surface area contributed by atoms with Crippen LogP contribution >= 0.6 is 0 Å². The lowest BCUT2D eigenvalue weighted by molar-refractivity contribution is 0.768. The van der Waals surface area contributed by atoms with Gasteiger partial charge in [0.15, 0.2) is 5.82 Å². The van der Waals surface area contributed by atoms with Gasteiger partial charge in [-0.15, -0.1) is 0 Å². The van der Waals surface area contributed by atoms with Crippen LogP contribution in [0.1, 0.15) is 11.1 Å². The lowest BCUT2D eigenvalue weighted by Gasteiger charge is -2.07. The van der Waals surface area contributed by atoms with Crippen molar-refractivity contribution in [1.82, 2.24) is 24.7 Å². The normalized spacial score (nSPS) is 10.8. The van der Waals surface area contributed by atoms with Crippen LogP contribution in [0, 0.1) is 13.8 Å². The van der Waals surface area contributed by atoms with Gasteiger partial charge in [0.25, 0.3) is 0 Å². The zero-order valence-electron chi connectivity index (χ0n) is 12.2. The van der Waals surface area contributed by atoms with Gasteiger partial charge in [-0.05, 0) is 25.0 Å². The maximum atomic E-state index is 5.91. The fraction of sp³-hybridized carbons (Fsp3) is 0.200. The smallest absolute Gasteiger partial charge is 0.181 e. The number of aromatic nitrogens is 5. The average Bonchev–Trinajstić information content (AvgIpc) is 2.84. The van der Waals surface area contributed by atoms with E-state index >= 15 is 0 Å². The Kier molecular flexibility index (Phi) is 3.13. The van der Waals surface area contributed by atoms with E-state index in [1.165, 1.54) is 0 Å². The highest BCUT2D eigenvalue weighted by atomic mass is 15.2. The predicted molar refractivity (Wildman–Crippen MR) is 81.4 cm³/mol. The third-order valence-corrected chi connectivity index (χ3v) is 3.17. The molecule has 6 nitrogen and oxygen atoms in total. The molecular formula is C15H16N6. The number of rotatable bonds is 2. The van der Waals surface area contributed by atoms with Crippen LogP contribution in [0.25, 0.3) is 22.8 Å². The first-order chi connectivity index (χ1) is 10.0. The van der Waals surface area contributed by atoms with Gasteiger partial charge < -0.3 is 5.73 Å². The molecule has 0 bridgehead atoms. The van der Waals surface area contributed by atoms with Crippen LogP contribution in [-0.4, -0.2) is 24.7 Å². The number of hydrogen-bond donors (Lipinski definition) is 1. The van der Waals surface area contributed by atoms with Gasteiger partial charge in [-0.1, -0.05) is 6.07 Å². The van der Waals surface area contributed by atoms with Gasteiger partial charge in [0, 0.05) is 31.1 Å². The topological polar surface area (TPSA) is 82.5 Å². The molecule has 0 aromatic carbocycles. The number of nitrogens with two attached hydrogens (primary N) is 1. The van der Waals surface area contributed by atoms with E-state index in [1.54, 1.807) is 23.1 Å². The van der Waals surface area contributed by atoms with Crippen molar-refractivity contribution in [3.63, 3.8) is 0 Å². The molecule has 0 aliphatic carbocycles. The van der Waals surface area contributed by atoms with Gasteiger partial charge in [-0.2, -0.15) is 5.10 Å². The molecule has 0 unspecified atom stereocenters. The second kappa shape index (κ2) is 4.97. The molecule has 0 aliphatic rings. The van der Waals surface area contributed by atoms with E-state index in [9.17, 15) is 0 Å². The van der Waals surface area contributed by atoms with Crippen molar-refractivity contribution in [2.24, 2.45) is 7.05 Å². The molecule has 0 saturated heterocycles. The summed E-state index contributed by atoms with van der Waals surface area (Å²) >= 11 is 0. The lowest BCUT2D eigenvalue weighted by atomic mass is 10.1. The summed E-state index contributed by atoms with van der Waals surface area (Å²) in [5.41, 5.74) is 10.4. The standard InChI is InChI=1S/C15H16N6/c1-9-4-10(2)14(17-6-9)15-19-12(5-13(16)20-15)11-7-18-21(3)8-11/h4-8H,1-3H3,(H2,16,19,20). The minimum Gasteiger partial charge on any atom is -0.384 e. The summed E-state index contributed by atoms with van der Waals surface area (Å²) in [7, 11) is 1.86. The van der Waals surface area contributed by atoms with Crippen LogP contribution in [0.15, 0.2) is 30.7 Å². The lowest BCUT2D eigenvalue weighted by Crippen LogP contribution is -2.00. The Balaban J connectivity index is 2.13. The van der Waals surface area contributed by atoms with E-state index in [0.29, 0.717) is 11.6 Å². The fourth-order valence-corrected chi connectivity index (χ4v) is 2.22. The van der Waals surface area contributed by atoms with Crippen molar-refractivity contribution < 1.29 is 0 Å². The zero-order chi connectivity index (χ0) is 15.0. The SMILES string of the molecule is Cc1cnc(-c2nc(N)cc(-c3cnn(C)c3)n2)c(C)c1. The highest BCUT2D eigenvalue weighted by molar-refractivity contribution is 5.65. The molecule has 6 heteroatoms. The number of anilines is 1. The summed E-state index contributed by atoms with van der Waals surface area (Å²) in [6.07, 6.45) is 5.45. The van der Waals surface area contributed by atoms with Gasteiger partial charge >= 0.3 is 0 Å². The van der Waals surface area contributed by atoms with Crippen molar-refractivity contribution in [2.45, 2.75) is 13.8 Å². The third kappa shape index (κ3) is 2.60. The molecule has 106 valence electrons. The maximum absolute atomic E-state index is 5.91. The molecular weight excluding hydrogens is 264 g/mol. The number of hydrogen-bond acceptors (Lipinski definition) is 5. The van der Waals surface area contributed by atoms with Crippen molar-refractivity contribution in [3.05, 3.63) is 41.9 Å². The fourth-order valence-electron chi connectivity index (χ4n) is 2.22. The Morgan fingerprint density at radius 1 is 1.10 bits per heavy atom. The third-order valence-electron chi connectivity index (χ3n) is 3.17. The number of nitrogens with zero attached hydrogens (tertiary/aromatic N) is 5. The van der Waals surface area contributed by atoms with Crippen LogP contribution in [0.4, 0.5) is 5.82 Å². The summed E-state index contributed by atoms with van der Waals surface area (Å²) in [5, 5.41) is 4.15. The molecule has 2 N–H and O–H groups in total. The molecule has 3 aromatic rings. The summed E-state index contributed by atoms with van der Waals surface area (Å²) in [5.74, 6) is 0.951. The summed E-state index contributed by atoms with van der Waals surface area (Å²) < 4.78 is 1.72. The van der Waals surface area contributed by atoms with Crippen LogP contribution < -0.4 is 5.73 Å². The van der Waals surface area contributed by atoms with Gasteiger partial charge in [-0.25, -0.2) is 9.97 Å². The summed E-state index contributed by atoms with van der Waals surface area (Å²) in [6, 6.07) is 3.79. The molecule has 0 radical (unpaired) electrons. The van der Waals surface area contributed by atoms with E-state index in [-0.39, 0.29) is 0 Å². The van der Waals surface area contributed by atoms with Crippen LogP contribution in [-0.2, 0) is 7.05 Å². The highest BCUT2D eigenvalue weighted by Gasteiger charge is 2.11. The first-order valence-corrected chi connectivity index (χ1v) is 6.60. The molecule has 3 heterocycles. The average molecular weight is 280 g/mol. The first kappa shape index (κ1) is 13.2. The predicted octanol–water partition coefficient (Wildman–Crippen LogP) is 2.14. The zero-order valence-corrected chi connectivity index (χ0v) is 12.2. The number of pyridine rings is 1. The quantitative estimate of drug-likeness (QED) is 0.777. The van der Waals surface area contributed by atoms with Crippen molar-refractivity contribution in [3.8, 4) is 22.8 Å². The first-order valence-electron chi connectivity index (χ1n) is 6.60. The van der Waals surface area contributed by atoms with E-state index in [0.717, 1.165) is 28.1 Å². The summed E-state index contributed by atoms with van der Waals surface area (Å²) in [6.45, 7) is 4.00. The van der Waals surface area contributed by atoms with Crippen molar-refractivity contribution >= 4 is 5.82 Å². The van der Waals surface area contributed by atoms with E-state index in [1.807, 2.05) is 27.1 Å². The van der Waals surface area contributed by atoms with Gasteiger partial charge in [0.05, 0.1) is 11.9 Å².